The van der Waals surface area contributed by atoms with Gasteiger partial charge >= 0.3 is 0 Å². The van der Waals surface area contributed by atoms with Gasteiger partial charge in [-0.25, -0.2) is 4.37 Å². The summed E-state index contributed by atoms with van der Waals surface area (Å²) in [7, 11) is 1.82. The second-order valence-corrected chi connectivity index (χ2v) is 6.06. The highest BCUT2D eigenvalue weighted by molar-refractivity contribution is 7.08. The summed E-state index contributed by atoms with van der Waals surface area (Å²) in [6.07, 6.45) is 7.53. The Morgan fingerprint density at radius 1 is 1.40 bits per heavy atom. The summed E-state index contributed by atoms with van der Waals surface area (Å²) < 4.78 is 3.98. The summed E-state index contributed by atoms with van der Waals surface area (Å²) in [5.41, 5.74) is 3.60. The molecule has 5 nitrogen and oxygen atoms in total. The number of hydrogen-bond acceptors (Lipinski definition) is 4. The molecule has 6 heteroatoms. The van der Waals surface area contributed by atoms with Crippen molar-refractivity contribution in [2.45, 2.75) is 38.6 Å². The molecule has 1 amide bonds. The number of nitrogens with one attached hydrogen (secondary N) is 1. The minimum absolute atomic E-state index is 0.0119. The van der Waals surface area contributed by atoms with Crippen molar-refractivity contribution in [3.63, 3.8) is 0 Å². The molecule has 1 aliphatic rings. The summed E-state index contributed by atoms with van der Waals surface area (Å²) in [6, 6.07) is 1.76. The van der Waals surface area contributed by atoms with Crippen LogP contribution >= 0.6 is 11.5 Å². The number of carbonyl (C=O) groups is 1. The van der Waals surface area contributed by atoms with E-state index in [0.29, 0.717) is 11.4 Å². The lowest BCUT2D eigenvalue weighted by molar-refractivity contribution is 0.0788. The average molecular weight is 290 g/mol. The molecule has 1 N–H and O–H groups in total. The normalized spacial score (nSPS) is 14.7. The average Bonchev–Trinajstić information content (AvgIpc) is 3.04. The molecule has 1 aliphatic carbocycles. The highest BCUT2D eigenvalue weighted by Crippen LogP contribution is 2.22. The van der Waals surface area contributed by atoms with Crippen LogP contribution in [0.3, 0.4) is 0 Å². The van der Waals surface area contributed by atoms with Crippen molar-refractivity contribution < 1.29 is 4.79 Å². The van der Waals surface area contributed by atoms with Gasteiger partial charge in [-0.2, -0.15) is 5.10 Å². The second-order valence-electron chi connectivity index (χ2n) is 5.23. The van der Waals surface area contributed by atoms with Crippen LogP contribution in [-0.4, -0.2) is 32.4 Å². The molecule has 0 spiro atoms. The van der Waals surface area contributed by atoms with E-state index in [1.165, 1.54) is 42.1 Å². The van der Waals surface area contributed by atoms with Crippen LogP contribution in [0.1, 0.15) is 45.9 Å². The molecule has 0 aromatic carbocycles. The highest BCUT2D eigenvalue weighted by atomic mass is 32.1. The highest BCUT2D eigenvalue weighted by Gasteiger charge is 2.19. The van der Waals surface area contributed by atoms with Crippen LogP contribution in [0.15, 0.2) is 12.3 Å². The number of hydrogen-bond donors (Lipinski definition) is 1. The van der Waals surface area contributed by atoms with Gasteiger partial charge in [0.2, 0.25) is 0 Å². The first-order chi connectivity index (χ1) is 9.75. The van der Waals surface area contributed by atoms with Crippen molar-refractivity contribution in [3.8, 4) is 0 Å². The fourth-order valence-electron chi connectivity index (χ4n) is 2.67. The van der Waals surface area contributed by atoms with E-state index in [-0.39, 0.29) is 5.91 Å². The third-order valence-corrected chi connectivity index (χ3v) is 4.51. The molecule has 20 heavy (non-hydrogen) atoms. The van der Waals surface area contributed by atoms with Crippen molar-refractivity contribution in [2.24, 2.45) is 0 Å². The van der Waals surface area contributed by atoms with Crippen molar-refractivity contribution in [1.82, 2.24) is 19.5 Å². The Labute approximate surface area is 122 Å². The van der Waals surface area contributed by atoms with E-state index >= 15 is 0 Å². The molecule has 2 aromatic rings. The Morgan fingerprint density at radius 2 is 2.25 bits per heavy atom. The van der Waals surface area contributed by atoms with Gasteiger partial charge in [0, 0.05) is 18.9 Å². The molecule has 106 valence electrons. The Balaban J connectivity index is 1.75. The zero-order chi connectivity index (χ0) is 13.9. The summed E-state index contributed by atoms with van der Waals surface area (Å²) in [6.45, 7) is 0.558. The summed E-state index contributed by atoms with van der Waals surface area (Å²) in [5.74, 6) is 0.0119. The standard InChI is InChI=1S/C14H18N4OS/c1-18(14(19)13-7-8-15-20-13)9-12-10-5-3-2-4-6-11(10)16-17-12/h7-8H,2-6,9H2,1H3,(H,16,17). The van der Waals surface area contributed by atoms with Gasteiger partial charge in [0.15, 0.2) is 0 Å². The molecule has 0 atom stereocenters. The van der Waals surface area contributed by atoms with Crippen molar-refractivity contribution in [1.29, 1.82) is 0 Å². The summed E-state index contributed by atoms with van der Waals surface area (Å²) >= 11 is 1.23. The van der Waals surface area contributed by atoms with E-state index in [1.807, 2.05) is 7.05 Å². The number of fused-ring (bicyclic) bond motifs is 1. The topological polar surface area (TPSA) is 61.9 Å². The first kappa shape index (κ1) is 13.3. The monoisotopic (exact) mass is 290 g/mol. The van der Waals surface area contributed by atoms with E-state index in [0.717, 1.165) is 18.5 Å². The Bertz CT molecular complexity index is 590. The molecular formula is C14H18N4OS. The van der Waals surface area contributed by atoms with E-state index in [4.69, 9.17) is 0 Å². The van der Waals surface area contributed by atoms with E-state index in [1.54, 1.807) is 17.2 Å². The fourth-order valence-corrected chi connectivity index (χ4v) is 3.26. The molecule has 2 heterocycles. The van der Waals surface area contributed by atoms with Gasteiger partial charge in [-0.05, 0) is 48.8 Å². The number of nitrogens with zero attached hydrogens (tertiary/aromatic N) is 3. The SMILES string of the molecule is CN(Cc1n[nH]c2c1CCCCC2)C(=O)c1ccns1. The summed E-state index contributed by atoms with van der Waals surface area (Å²) in [4.78, 5) is 14.6. The van der Waals surface area contributed by atoms with E-state index < -0.39 is 0 Å². The smallest absolute Gasteiger partial charge is 0.265 e. The lowest BCUT2D eigenvalue weighted by atomic mass is 10.1. The third kappa shape index (κ3) is 2.60. The van der Waals surface area contributed by atoms with Gasteiger partial charge in [-0.3, -0.25) is 9.89 Å². The van der Waals surface area contributed by atoms with Gasteiger partial charge in [-0.15, -0.1) is 0 Å². The fraction of sp³-hybridized carbons (Fsp3) is 0.500. The third-order valence-electron chi connectivity index (χ3n) is 3.77. The first-order valence-electron chi connectivity index (χ1n) is 6.97. The van der Waals surface area contributed by atoms with E-state index in [9.17, 15) is 4.79 Å². The van der Waals surface area contributed by atoms with Crippen molar-refractivity contribution in [2.75, 3.05) is 7.05 Å². The molecule has 2 aromatic heterocycles. The quantitative estimate of drug-likeness (QED) is 0.883. The van der Waals surface area contributed by atoms with Crippen LogP contribution in [0.4, 0.5) is 0 Å². The summed E-state index contributed by atoms with van der Waals surface area (Å²) in [5, 5.41) is 7.56. The number of aromatic amines is 1. The van der Waals surface area contributed by atoms with Crippen LogP contribution in [-0.2, 0) is 19.4 Å². The Morgan fingerprint density at radius 3 is 3.05 bits per heavy atom. The Hall–Kier alpha value is -1.69. The van der Waals surface area contributed by atoms with Gasteiger partial charge in [0.05, 0.1) is 12.2 Å². The first-order valence-corrected chi connectivity index (χ1v) is 7.74. The van der Waals surface area contributed by atoms with Gasteiger partial charge < -0.3 is 4.90 Å². The number of amides is 1. The lowest BCUT2D eigenvalue weighted by Crippen LogP contribution is -2.26. The number of H-pyrrole nitrogens is 1. The maximum Gasteiger partial charge on any atom is 0.265 e. The van der Waals surface area contributed by atoms with Crippen LogP contribution < -0.4 is 0 Å². The van der Waals surface area contributed by atoms with Crippen molar-refractivity contribution >= 4 is 17.4 Å². The minimum Gasteiger partial charge on any atom is -0.335 e. The molecule has 3 rings (SSSR count). The number of aromatic nitrogens is 3. The Kier molecular flexibility index (Phi) is 3.82. The minimum atomic E-state index is 0.0119. The van der Waals surface area contributed by atoms with Crippen LogP contribution in [0, 0.1) is 0 Å². The van der Waals surface area contributed by atoms with Gasteiger partial charge in [0.25, 0.3) is 5.91 Å². The molecule has 0 saturated carbocycles. The number of rotatable bonds is 3. The predicted octanol–water partition coefficient (Wildman–Crippen LogP) is 2.41. The van der Waals surface area contributed by atoms with Crippen LogP contribution in [0.5, 0.6) is 0 Å². The molecular weight excluding hydrogens is 272 g/mol. The maximum atomic E-state index is 12.2. The molecule has 0 unspecified atom stereocenters. The molecule has 0 bridgehead atoms. The van der Waals surface area contributed by atoms with Crippen LogP contribution in [0.2, 0.25) is 0 Å². The number of carbonyl (C=O) groups excluding carboxylic acids is 1. The zero-order valence-electron chi connectivity index (χ0n) is 11.6. The van der Waals surface area contributed by atoms with Crippen LogP contribution in [0.25, 0.3) is 0 Å². The largest absolute Gasteiger partial charge is 0.335 e. The van der Waals surface area contributed by atoms with Gasteiger partial charge in [-0.1, -0.05) is 6.42 Å². The van der Waals surface area contributed by atoms with Gasteiger partial charge in [0.1, 0.15) is 4.88 Å². The predicted molar refractivity (Wildman–Crippen MR) is 77.8 cm³/mol. The zero-order valence-corrected chi connectivity index (χ0v) is 12.4. The number of aryl methyl sites for hydroxylation is 1. The van der Waals surface area contributed by atoms with Crippen molar-refractivity contribution in [3.05, 3.63) is 34.1 Å². The maximum absolute atomic E-state index is 12.2. The lowest BCUT2D eigenvalue weighted by Gasteiger charge is -2.15. The van der Waals surface area contributed by atoms with E-state index in [2.05, 4.69) is 14.6 Å². The molecule has 0 fully saturated rings. The molecule has 0 radical (unpaired) electrons. The molecule has 0 saturated heterocycles. The second kappa shape index (κ2) is 5.75. The molecule has 0 aliphatic heterocycles.